The van der Waals surface area contributed by atoms with E-state index in [1.54, 1.807) is 0 Å². The van der Waals surface area contributed by atoms with Gasteiger partial charge in [0.2, 0.25) is 0 Å². The molecule has 2 rings (SSSR count). The summed E-state index contributed by atoms with van der Waals surface area (Å²) in [6, 6.07) is 0. The van der Waals surface area contributed by atoms with Crippen LogP contribution in [0.25, 0.3) is 0 Å². The van der Waals surface area contributed by atoms with Crippen LogP contribution in [-0.4, -0.2) is 33.8 Å². The monoisotopic (exact) mass is 342 g/mol. The molecule has 0 N–H and O–H groups in total. The largest absolute Gasteiger partial charge is 0.126 e. The molecule has 94 valence electrons. The zero-order valence-corrected chi connectivity index (χ0v) is 12.9. The summed E-state index contributed by atoms with van der Waals surface area (Å²) in [6.45, 7) is 0. The molecule has 2 aliphatic carbocycles. The van der Waals surface area contributed by atoms with Gasteiger partial charge in [0.25, 0.3) is 0 Å². The van der Waals surface area contributed by atoms with Crippen LogP contribution in [0.15, 0.2) is 0 Å². The van der Waals surface area contributed by atoms with Gasteiger partial charge in [0.15, 0.2) is 0 Å². The lowest BCUT2D eigenvalue weighted by molar-refractivity contribution is 0.170. The molecule has 0 radical (unpaired) electrons. The van der Waals surface area contributed by atoms with E-state index in [9.17, 15) is 0 Å². The number of hydrogen-bond donors (Lipinski definition) is 0. The van der Waals surface area contributed by atoms with E-state index in [0.717, 1.165) is 6.42 Å². The smallest absolute Gasteiger partial charge is 0.0590 e. The highest BCUT2D eigenvalue weighted by Gasteiger charge is 2.74. The van der Waals surface area contributed by atoms with Gasteiger partial charge in [-0.05, 0) is 12.3 Å². The molecule has 16 heavy (non-hydrogen) atoms. The normalized spacial score (nSPS) is 49.9. The third-order valence-corrected chi connectivity index (χ3v) is 7.82. The first kappa shape index (κ1) is 14.2. The topological polar surface area (TPSA) is 0 Å². The second-order valence-electron chi connectivity index (χ2n) is 4.75. The molecule has 0 unspecified atom stereocenters. The van der Waals surface area contributed by atoms with Crippen molar-refractivity contribution in [1.29, 1.82) is 0 Å². The molecule has 6 heteroatoms. The minimum atomic E-state index is -0.446. The van der Waals surface area contributed by atoms with Gasteiger partial charge < -0.3 is 0 Å². The Bertz CT molecular complexity index is 278. The van der Waals surface area contributed by atoms with E-state index < -0.39 is 5.41 Å². The van der Waals surface area contributed by atoms with Crippen LogP contribution in [0.3, 0.4) is 0 Å². The maximum absolute atomic E-state index is 6.43. The minimum absolute atomic E-state index is 0.0926. The third-order valence-electron chi connectivity index (χ3n) is 4.51. The van der Waals surface area contributed by atoms with Gasteiger partial charge in [-0.3, -0.25) is 0 Å². The van der Waals surface area contributed by atoms with E-state index in [4.69, 9.17) is 69.6 Å². The Morgan fingerprint density at radius 2 is 1.50 bits per heavy atom. The van der Waals surface area contributed by atoms with Crippen molar-refractivity contribution < 1.29 is 0 Å². The number of halogens is 6. The van der Waals surface area contributed by atoms with Crippen molar-refractivity contribution in [1.82, 2.24) is 0 Å². The molecule has 0 aromatic rings. The van der Waals surface area contributed by atoms with Gasteiger partial charge in [-0.2, -0.15) is 0 Å². The van der Waals surface area contributed by atoms with Crippen LogP contribution in [0, 0.1) is 16.7 Å². The van der Waals surface area contributed by atoms with Crippen LogP contribution >= 0.6 is 69.6 Å². The zero-order chi connectivity index (χ0) is 12.1. The van der Waals surface area contributed by atoms with Gasteiger partial charge in [-0.25, -0.2) is 0 Å². The van der Waals surface area contributed by atoms with Crippen molar-refractivity contribution in [3.63, 3.8) is 0 Å². The standard InChI is InChI=1S/C10H12Cl6/c11-2-9(3-12)5-1-6(14)10(9,4-13)8(16)7(5)15/h5-8H,1-4H2/t5-,6-,7-,8+,10+/m0/s1. The predicted molar refractivity (Wildman–Crippen MR) is 74.1 cm³/mol. The van der Waals surface area contributed by atoms with Crippen molar-refractivity contribution in [3.8, 4) is 0 Å². The highest BCUT2D eigenvalue weighted by atomic mass is 35.5. The Morgan fingerprint density at radius 1 is 0.938 bits per heavy atom. The Kier molecular flexibility index (Phi) is 4.15. The highest BCUT2D eigenvalue weighted by Crippen LogP contribution is 2.71. The van der Waals surface area contributed by atoms with Gasteiger partial charge in [0.1, 0.15) is 0 Å². The molecule has 0 aromatic carbocycles. The molecule has 0 heterocycles. The summed E-state index contributed by atoms with van der Waals surface area (Å²) in [4.78, 5) is 0. The van der Waals surface area contributed by atoms with Crippen LogP contribution in [-0.2, 0) is 0 Å². The highest BCUT2D eigenvalue weighted by molar-refractivity contribution is 6.34. The zero-order valence-electron chi connectivity index (χ0n) is 8.41. The lowest BCUT2D eigenvalue weighted by Gasteiger charge is -2.43. The van der Waals surface area contributed by atoms with Crippen molar-refractivity contribution in [3.05, 3.63) is 0 Å². The summed E-state index contributed by atoms with van der Waals surface area (Å²) in [5.41, 5.74) is -0.776. The van der Waals surface area contributed by atoms with E-state index in [-0.39, 0.29) is 27.5 Å². The Balaban J connectivity index is 2.54. The summed E-state index contributed by atoms with van der Waals surface area (Å²) < 4.78 is 0. The van der Waals surface area contributed by atoms with Crippen molar-refractivity contribution >= 4 is 69.6 Å². The lowest BCUT2D eigenvalue weighted by Crippen LogP contribution is -2.49. The second-order valence-corrected chi connectivity index (χ2v) is 7.06. The summed E-state index contributed by atoms with van der Waals surface area (Å²) in [5.74, 6) is 1.33. The SMILES string of the molecule is ClCC1(CCl)[C@H]2C[C@H](Cl)[C@]1(CCl)[C@H](Cl)[C@H]2Cl. The third kappa shape index (κ3) is 1.38. The van der Waals surface area contributed by atoms with E-state index in [1.807, 2.05) is 0 Å². The van der Waals surface area contributed by atoms with Gasteiger partial charge in [-0.15, -0.1) is 69.6 Å². The molecule has 0 aliphatic heterocycles. The maximum Gasteiger partial charge on any atom is 0.0590 e. The lowest BCUT2D eigenvalue weighted by atomic mass is 9.70. The molecule has 2 fully saturated rings. The molecule has 0 saturated heterocycles. The minimum Gasteiger partial charge on any atom is -0.126 e. The quantitative estimate of drug-likeness (QED) is 0.660. The first-order chi connectivity index (χ1) is 7.51. The number of hydrogen-bond acceptors (Lipinski definition) is 0. The molecule has 2 aliphatic rings. The van der Waals surface area contributed by atoms with Crippen LogP contribution in [0.1, 0.15) is 6.42 Å². The molecule has 5 atom stereocenters. The Labute approximate surface area is 126 Å². The van der Waals surface area contributed by atoms with E-state index in [2.05, 4.69) is 0 Å². The first-order valence-corrected chi connectivity index (χ1v) is 8.03. The van der Waals surface area contributed by atoms with E-state index in [1.165, 1.54) is 0 Å². The molecule has 2 saturated carbocycles. The Morgan fingerprint density at radius 3 is 1.88 bits per heavy atom. The van der Waals surface area contributed by atoms with Crippen molar-refractivity contribution in [2.75, 3.05) is 17.6 Å². The van der Waals surface area contributed by atoms with Crippen molar-refractivity contribution in [2.45, 2.75) is 22.6 Å². The van der Waals surface area contributed by atoms with E-state index >= 15 is 0 Å². The fourth-order valence-electron chi connectivity index (χ4n) is 3.46. The van der Waals surface area contributed by atoms with Gasteiger partial charge in [-0.1, -0.05) is 0 Å². The molecular weight excluding hydrogens is 333 g/mol. The van der Waals surface area contributed by atoms with Crippen LogP contribution in [0.4, 0.5) is 0 Å². The number of rotatable bonds is 3. The molecule has 0 nitrogen and oxygen atoms in total. The average molecular weight is 345 g/mol. The predicted octanol–water partition coefficient (Wildman–Crippen LogP) is 4.53. The summed E-state index contributed by atoms with van der Waals surface area (Å²) in [7, 11) is 0. The van der Waals surface area contributed by atoms with Crippen molar-refractivity contribution in [2.24, 2.45) is 16.7 Å². The molecule has 2 bridgehead atoms. The summed E-state index contributed by atoms with van der Waals surface area (Å²) in [5, 5.41) is -0.497. The fourth-order valence-corrected chi connectivity index (χ4v) is 7.29. The van der Waals surface area contributed by atoms with Gasteiger partial charge in [0, 0.05) is 33.8 Å². The average Bonchev–Trinajstić information content (AvgIpc) is 2.65. The van der Waals surface area contributed by atoms with Gasteiger partial charge in [0.05, 0.1) is 10.8 Å². The second kappa shape index (κ2) is 4.69. The number of fused-ring (bicyclic) bond motifs is 2. The molecule has 0 aromatic heterocycles. The maximum atomic E-state index is 6.43. The first-order valence-electron chi connectivity index (χ1n) is 5.12. The molecule has 0 amide bonds. The van der Waals surface area contributed by atoms with Crippen LogP contribution in [0.5, 0.6) is 0 Å². The van der Waals surface area contributed by atoms with Gasteiger partial charge >= 0.3 is 0 Å². The van der Waals surface area contributed by atoms with Crippen LogP contribution in [0.2, 0.25) is 0 Å². The Hall–Kier alpha value is 1.74. The molecular formula is C10H12Cl6. The number of alkyl halides is 6. The summed E-state index contributed by atoms with van der Waals surface area (Å²) >= 11 is 37.6. The van der Waals surface area contributed by atoms with E-state index in [0.29, 0.717) is 17.6 Å². The fraction of sp³-hybridized carbons (Fsp3) is 1.00. The van der Waals surface area contributed by atoms with Crippen LogP contribution < -0.4 is 0 Å². The molecule has 0 spiro atoms. The summed E-state index contributed by atoms with van der Waals surface area (Å²) in [6.07, 6.45) is 0.797.